The van der Waals surface area contributed by atoms with Crippen LogP contribution >= 0.6 is 0 Å². The zero-order valence-electron chi connectivity index (χ0n) is 10.9. The number of amides is 3. The monoisotopic (exact) mass is 267 g/mol. The number of imide groups is 1. The number of para-hydroxylation sites is 1. The van der Waals surface area contributed by atoms with Gasteiger partial charge in [-0.25, -0.2) is 4.79 Å². The fourth-order valence-electron chi connectivity index (χ4n) is 2.20. The zero-order chi connectivity index (χ0) is 14.1. The standard InChI is InChI=1S/C15H13N3O2/c1-10-5-2-3-7-13(10)18-8-4-6-11(18)9-12-14(19)17-15(20)16-12/h2-9H,1H3,(H2,16,17,19,20)/b12-9-. The van der Waals surface area contributed by atoms with Crippen molar-refractivity contribution in [3.63, 3.8) is 0 Å². The van der Waals surface area contributed by atoms with Gasteiger partial charge in [0.15, 0.2) is 0 Å². The highest BCUT2D eigenvalue weighted by molar-refractivity contribution is 6.13. The van der Waals surface area contributed by atoms with Gasteiger partial charge in [-0.3, -0.25) is 10.1 Å². The van der Waals surface area contributed by atoms with Gasteiger partial charge in [0.2, 0.25) is 0 Å². The molecule has 1 aliphatic rings. The molecule has 2 heterocycles. The maximum Gasteiger partial charge on any atom is 0.326 e. The Labute approximate surface area is 115 Å². The summed E-state index contributed by atoms with van der Waals surface area (Å²) in [6.45, 7) is 2.02. The Kier molecular flexibility index (Phi) is 2.87. The number of hydrogen-bond acceptors (Lipinski definition) is 2. The molecule has 1 saturated heterocycles. The molecule has 20 heavy (non-hydrogen) atoms. The number of aromatic nitrogens is 1. The average molecular weight is 267 g/mol. The van der Waals surface area contributed by atoms with E-state index >= 15 is 0 Å². The second-order valence-corrected chi connectivity index (χ2v) is 4.56. The van der Waals surface area contributed by atoms with E-state index in [2.05, 4.69) is 10.6 Å². The predicted molar refractivity (Wildman–Crippen MR) is 75.2 cm³/mol. The van der Waals surface area contributed by atoms with Crippen LogP contribution in [0.2, 0.25) is 0 Å². The first-order valence-corrected chi connectivity index (χ1v) is 6.22. The summed E-state index contributed by atoms with van der Waals surface area (Å²) in [5.41, 5.74) is 3.24. The molecule has 5 heteroatoms. The molecule has 1 aromatic heterocycles. The van der Waals surface area contributed by atoms with Crippen LogP contribution in [0, 0.1) is 6.92 Å². The van der Waals surface area contributed by atoms with Crippen molar-refractivity contribution in [3.05, 3.63) is 59.5 Å². The Balaban J connectivity index is 2.04. The number of urea groups is 1. The van der Waals surface area contributed by atoms with Crippen molar-refractivity contribution >= 4 is 18.0 Å². The first-order valence-electron chi connectivity index (χ1n) is 6.22. The Bertz CT molecular complexity index is 728. The van der Waals surface area contributed by atoms with Gasteiger partial charge >= 0.3 is 6.03 Å². The van der Waals surface area contributed by atoms with E-state index < -0.39 is 11.9 Å². The zero-order valence-corrected chi connectivity index (χ0v) is 10.9. The molecule has 0 unspecified atom stereocenters. The molecule has 0 spiro atoms. The minimum absolute atomic E-state index is 0.253. The molecule has 5 nitrogen and oxygen atoms in total. The number of aryl methyl sites for hydroxylation is 1. The topological polar surface area (TPSA) is 63.1 Å². The van der Waals surface area contributed by atoms with Crippen LogP contribution in [0.4, 0.5) is 4.79 Å². The summed E-state index contributed by atoms with van der Waals surface area (Å²) < 4.78 is 1.97. The lowest BCUT2D eigenvalue weighted by Gasteiger charge is -2.10. The molecule has 0 atom stereocenters. The highest BCUT2D eigenvalue weighted by Crippen LogP contribution is 2.18. The van der Waals surface area contributed by atoms with Gasteiger partial charge in [0.05, 0.1) is 0 Å². The SMILES string of the molecule is Cc1ccccc1-n1cccc1/C=C1\NC(=O)NC1=O. The van der Waals surface area contributed by atoms with Crippen molar-refractivity contribution in [3.8, 4) is 5.69 Å². The van der Waals surface area contributed by atoms with Crippen LogP contribution < -0.4 is 10.6 Å². The Morgan fingerprint density at radius 2 is 1.85 bits per heavy atom. The number of carbonyl (C=O) groups excluding carboxylic acids is 2. The third-order valence-corrected chi connectivity index (χ3v) is 3.17. The third kappa shape index (κ3) is 2.09. The van der Waals surface area contributed by atoms with Crippen LogP contribution in [0.5, 0.6) is 0 Å². The molecule has 0 radical (unpaired) electrons. The second-order valence-electron chi connectivity index (χ2n) is 4.56. The molecule has 0 aliphatic carbocycles. The lowest BCUT2D eigenvalue weighted by molar-refractivity contribution is -0.115. The van der Waals surface area contributed by atoms with Crippen LogP contribution in [0.25, 0.3) is 11.8 Å². The molecule has 1 fully saturated rings. The molecule has 2 aromatic rings. The molecule has 0 bridgehead atoms. The Morgan fingerprint density at radius 3 is 2.55 bits per heavy atom. The molecule has 1 aliphatic heterocycles. The number of benzene rings is 1. The van der Waals surface area contributed by atoms with E-state index in [1.807, 2.05) is 54.1 Å². The molecule has 2 N–H and O–H groups in total. The van der Waals surface area contributed by atoms with Gasteiger partial charge < -0.3 is 9.88 Å². The number of nitrogens with zero attached hydrogens (tertiary/aromatic N) is 1. The molecule has 3 amide bonds. The average Bonchev–Trinajstić information content (AvgIpc) is 2.98. The smallest absolute Gasteiger partial charge is 0.317 e. The van der Waals surface area contributed by atoms with E-state index in [1.165, 1.54) is 0 Å². The van der Waals surface area contributed by atoms with Crippen LogP contribution in [0.3, 0.4) is 0 Å². The first kappa shape index (κ1) is 12.2. The highest BCUT2D eigenvalue weighted by atomic mass is 16.2. The van der Waals surface area contributed by atoms with Crippen molar-refractivity contribution in [2.45, 2.75) is 6.92 Å². The van der Waals surface area contributed by atoms with Gasteiger partial charge in [-0.05, 0) is 36.8 Å². The van der Waals surface area contributed by atoms with E-state index in [-0.39, 0.29) is 5.70 Å². The van der Waals surface area contributed by atoms with Gasteiger partial charge in [0, 0.05) is 17.6 Å². The fraction of sp³-hybridized carbons (Fsp3) is 0.0667. The van der Waals surface area contributed by atoms with Crippen LogP contribution in [0.1, 0.15) is 11.3 Å². The van der Waals surface area contributed by atoms with Gasteiger partial charge in [-0.1, -0.05) is 18.2 Å². The Morgan fingerprint density at radius 1 is 1.05 bits per heavy atom. The maximum atomic E-state index is 11.6. The fourth-order valence-corrected chi connectivity index (χ4v) is 2.20. The van der Waals surface area contributed by atoms with E-state index in [9.17, 15) is 9.59 Å². The van der Waals surface area contributed by atoms with Crippen molar-refractivity contribution < 1.29 is 9.59 Å². The van der Waals surface area contributed by atoms with E-state index in [4.69, 9.17) is 0 Å². The summed E-state index contributed by atoms with van der Waals surface area (Å²) >= 11 is 0. The summed E-state index contributed by atoms with van der Waals surface area (Å²) in [5.74, 6) is -0.410. The molecule has 3 rings (SSSR count). The molecule has 100 valence electrons. The summed E-state index contributed by atoms with van der Waals surface area (Å²) in [7, 11) is 0. The molecule has 0 saturated carbocycles. The maximum absolute atomic E-state index is 11.6. The largest absolute Gasteiger partial charge is 0.326 e. The highest BCUT2D eigenvalue weighted by Gasteiger charge is 2.23. The molecular weight excluding hydrogens is 254 g/mol. The van der Waals surface area contributed by atoms with E-state index in [1.54, 1.807) is 6.08 Å². The van der Waals surface area contributed by atoms with Crippen molar-refractivity contribution in [2.24, 2.45) is 0 Å². The minimum atomic E-state index is -0.491. The molecule has 1 aromatic carbocycles. The lowest BCUT2D eigenvalue weighted by atomic mass is 10.2. The van der Waals surface area contributed by atoms with Crippen molar-refractivity contribution in [2.75, 3.05) is 0 Å². The van der Waals surface area contributed by atoms with Gasteiger partial charge in [0.1, 0.15) is 5.70 Å². The summed E-state index contributed by atoms with van der Waals surface area (Å²) in [4.78, 5) is 22.7. The van der Waals surface area contributed by atoms with Gasteiger partial charge in [-0.2, -0.15) is 0 Å². The lowest BCUT2D eigenvalue weighted by Crippen LogP contribution is -2.22. The van der Waals surface area contributed by atoms with Crippen LogP contribution in [0.15, 0.2) is 48.3 Å². The van der Waals surface area contributed by atoms with E-state index in [0.29, 0.717) is 0 Å². The number of nitrogens with one attached hydrogen (secondary N) is 2. The quantitative estimate of drug-likeness (QED) is 0.645. The summed E-state index contributed by atoms with van der Waals surface area (Å²) in [6, 6.07) is 11.3. The normalized spacial score (nSPS) is 16.4. The predicted octanol–water partition coefficient (Wildman–Crippen LogP) is 1.97. The van der Waals surface area contributed by atoms with Crippen molar-refractivity contribution in [1.29, 1.82) is 0 Å². The minimum Gasteiger partial charge on any atom is -0.317 e. The molecular formula is C15H13N3O2. The van der Waals surface area contributed by atoms with Gasteiger partial charge in [0.25, 0.3) is 5.91 Å². The van der Waals surface area contributed by atoms with Crippen LogP contribution in [-0.2, 0) is 4.79 Å². The van der Waals surface area contributed by atoms with Crippen LogP contribution in [-0.4, -0.2) is 16.5 Å². The Hall–Kier alpha value is -2.82. The second kappa shape index (κ2) is 4.70. The number of hydrogen-bond donors (Lipinski definition) is 2. The van der Waals surface area contributed by atoms with E-state index in [0.717, 1.165) is 16.9 Å². The summed E-state index contributed by atoms with van der Waals surface area (Å²) in [6.07, 6.45) is 3.58. The first-order chi connectivity index (χ1) is 9.65. The van der Waals surface area contributed by atoms with Gasteiger partial charge in [-0.15, -0.1) is 0 Å². The third-order valence-electron chi connectivity index (χ3n) is 3.17. The number of carbonyl (C=O) groups is 2. The number of rotatable bonds is 2. The summed E-state index contributed by atoms with van der Waals surface area (Å²) in [5, 5.41) is 4.67. The van der Waals surface area contributed by atoms with Crippen molar-refractivity contribution in [1.82, 2.24) is 15.2 Å².